The van der Waals surface area contributed by atoms with E-state index < -0.39 is 6.10 Å². The molecule has 0 saturated carbocycles. The summed E-state index contributed by atoms with van der Waals surface area (Å²) in [6, 6.07) is 5.75. The van der Waals surface area contributed by atoms with Crippen molar-refractivity contribution >= 4 is 11.6 Å². The number of pyridine rings is 1. The number of aliphatic hydroxyl groups excluding tert-OH is 1. The van der Waals surface area contributed by atoms with Crippen LogP contribution in [-0.2, 0) is 7.05 Å². The average molecular weight is 353 g/mol. The third-order valence-electron chi connectivity index (χ3n) is 5.37. The van der Waals surface area contributed by atoms with E-state index >= 15 is 0 Å². The summed E-state index contributed by atoms with van der Waals surface area (Å²) in [5.74, 6) is 0.768. The molecule has 0 aliphatic carbocycles. The van der Waals surface area contributed by atoms with E-state index in [0.717, 1.165) is 24.2 Å². The summed E-state index contributed by atoms with van der Waals surface area (Å²) in [4.78, 5) is 23.5. The predicted molar refractivity (Wildman–Crippen MR) is 96.7 cm³/mol. The van der Waals surface area contributed by atoms with Gasteiger partial charge >= 0.3 is 0 Å². The second kappa shape index (κ2) is 6.57. The predicted octanol–water partition coefficient (Wildman–Crippen LogP) is 1.96. The van der Waals surface area contributed by atoms with Crippen LogP contribution in [0.3, 0.4) is 0 Å². The Hall–Kier alpha value is -2.67. The van der Waals surface area contributed by atoms with Gasteiger partial charge in [-0.05, 0) is 37.8 Å². The van der Waals surface area contributed by atoms with Crippen molar-refractivity contribution in [1.29, 1.82) is 0 Å². The number of imidazole rings is 2. The molecule has 1 aliphatic heterocycles. The fourth-order valence-electron chi connectivity index (χ4n) is 3.76. The second-order valence-corrected chi connectivity index (χ2v) is 6.95. The van der Waals surface area contributed by atoms with E-state index in [1.807, 2.05) is 58.4 Å². The standard InChI is InChI=1S/C19H23N5O2/c1-13-16(21-15-5-3-4-9-24(13)15)19(26)23-10-6-14(7-11-23)17(25)18-20-8-12-22(18)2/h3-5,8-9,12,14,17,25H,6-7,10-11H2,1-2H3. The van der Waals surface area contributed by atoms with Crippen molar-refractivity contribution in [1.82, 2.24) is 23.8 Å². The zero-order valence-corrected chi connectivity index (χ0v) is 15.0. The number of fused-ring (bicyclic) bond motifs is 1. The summed E-state index contributed by atoms with van der Waals surface area (Å²) in [7, 11) is 1.89. The molecule has 1 N–H and O–H groups in total. The summed E-state index contributed by atoms with van der Waals surface area (Å²) in [6.45, 7) is 3.17. The Morgan fingerprint density at radius 2 is 2.04 bits per heavy atom. The number of hydrogen-bond acceptors (Lipinski definition) is 4. The summed E-state index contributed by atoms with van der Waals surface area (Å²) in [5.41, 5.74) is 2.16. The molecular weight excluding hydrogens is 330 g/mol. The molecule has 1 unspecified atom stereocenters. The molecule has 1 amide bonds. The Morgan fingerprint density at radius 1 is 1.27 bits per heavy atom. The van der Waals surface area contributed by atoms with Crippen LogP contribution in [0.1, 0.15) is 41.0 Å². The summed E-state index contributed by atoms with van der Waals surface area (Å²) in [5, 5.41) is 10.6. The van der Waals surface area contributed by atoms with E-state index in [2.05, 4.69) is 9.97 Å². The van der Waals surface area contributed by atoms with Crippen LogP contribution >= 0.6 is 0 Å². The maximum atomic E-state index is 12.9. The summed E-state index contributed by atoms with van der Waals surface area (Å²) < 4.78 is 3.78. The molecule has 7 heteroatoms. The van der Waals surface area contributed by atoms with Crippen LogP contribution in [0.2, 0.25) is 0 Å². The molecule has 3 aromatic heterocycles. The number of nitrogens with zero attached hydrogens (tertiary/aromatic N) is 5. The number of carbonyl (C=O) groups excluding carboxylic acids is 1. The number of amides is 1. The molecule has 3 aromatic rings. The lowest BCUT2D eigenvalue weighted by atomic mass is 9.90. The summed E-state index contributed by atoms with van der Waals surface area (Å²) >= 11 is 0. The highest BCUT2D eigenvalue weighted by Crippen LogP contribution is 2.30. The molecule has 7 nitrogen and oxygen atoms in total. The number of hydrogen-bond donors (Lipinski definition) is 1. The lowest BCUT2D eigenvalue weighted by Gasteiger charge is -2.33. The van der Waals surface area contributed by atoms with E-state index in [1.165, 1.54) is 0 Å². The molecule has 0 bridgehead atoms. The molecule has 0 aromatic carbocycles. The third kappa shape index (κ3) is 2.78. The molecule has 1 fully saturated rings. The molecule has 26 heavy (non-hydrogen) atoms. The van der Waals surface area contributed by atoms with Crippen LogP contribution in [-0.4, -0.2) is 47.9 Å². The maximum Gasteiger partial charge on any atom is 0.274 e. The van der Waals surface area contributed by atoms with Crippen LogP contribution in [0, 0.1) is 12.8 Å². The Bertz CT molecular complexity index is 936. The fourth-order valence-corrected chi connectivity index (χ4v) is 3.76. The molecule has 136 valence electrons. The van der Waals surface area contributed by atoms with Gasteiger partial charge in [0.1, 0.15) is 23.3 Å². The Labute approximate surface area is 151 Å². The first-order valence-corrected chi connectivity index (χ1v) is 8.94. The van der Waals surface area contributed by atoms with Crippen molar-refractivity contribution in [2.75, 3.05) is 13.1 Å². The number of aryl methyl sites for hydroxylation is 2. The number of aliphatic hydroxyl groups is 1. The van der Waals surface area contributed by atoms with Crippen molar-refractivity contribution in [2.24, 2.45) is 13.0 Å². The molecule has 4 heterocycles. The van der Waals surface area contributed by atoms with Crippen LogP contribution in [0.4, 0.5) is 0 Å². The number of aromatic nitrogens is 4. The molecule has 4 rings (SSSR count). The largest absolute Gasteiger partial charge is 0.385 e. The fraction of sp³-hybridized carbons (Fsp3) is 0.421. The van der Waals surface area contributed by atoms with E-state index in [4.69, 9.17) is 0 Å². The first-order chi connectivity index (χ1) is 12.6. The highest BCUT2D eigenvalue weighted by molar-refractivity contribution is 5.94. The van der Waals surface area contributed by atoms with Gasteiger partial charge in [-0.3, -0.25) is 4.79 Å². The van der Waals surface area contributed by atoms with Gasteiger partial charge in [0.25, 0.3) is 5.91 Å². The zero-order valence-electron chi connectivity index (χ0n) is 15.0. The molecule has 1 saturated heterocycles. The first-order valence-electron chi connectivity index (χ1n) is 8.94. The highest BCUT2D eigenvalue weighted by atomic mass is 16.3. The minimum Gasteiger partial charge on any atom is -0.385 e. The van der Waals surface area contributed by atoms with Crippen LogP contribution < -0.4 is 0 Å². The average Bonchev–Trinajstić information content (AvgIpc) is 3.24. The SMILES string of the molecule is Cc1c(C(=O)N2CCC(C(O)c3nccn3C)CC2)nc2ccccn12. The lowest BCUT2D eigenvalue weighted by molar-refractivity contribution is 0.0417. The monoisotopic (exact) mass is 353 g/mol. The smallest absolute Gasteiger partial charge is 0.274 e. The van der Waals surface area contributed by atoms with Gasteiger partial charge in [0, 0.05) is 38.7 Å². The minimum absolute atomic E-state index is 0.0314. The molecule has 1 aliphatic rings. The highest BCUT2D eigenvalue weighted by Gasteiger charge is 2.31. The van der Waals surface area contributed by atoms with Crippen molar-refractivity contribution in [2.45, 2.75) is 25.9 Å². The van der Waals surface area contributed by atoms with Crippen molar-refractivity contribution < 1.29 is 9.90 Å². The maximum absolute atomic E-state index is 12.9. The third-order valence-corrected chi connectivity index (χ3v) is 5.37. The van der Waals surface area contributed by atoms with Crippen molar-refractivity contribution in [3.8, 4) is 0 Å². The normalized spacial score (nSPS) is 17.0. The minimum atomic E-state index is -0.593. The number of piperidine rings is 1. The second-order valence-electron chi connectivity index (χ2n) is 6.95. The van der Waals surface area contributed by atoms with Gasteiger partial charge in [-0.15, -0.1) is 0 Å². The van der Waals surface area contributed by atoms with Gasteiger partial charge in [-0.25, -0.2) is 9.97 Å². The van der Waals surface area contributed by atoms with Crippen molar-refractivity contribution in [3.63, 3.8) is 0 Å². The Balaban J connectivity index is 1.46. The molecule has 0 spiro atoms. The molecular formula is C19H23N5O2. The Kier molecular flexibility index (Phi) is 4.24. The lowest BCUT2D eigenvalue weighted by Crippen LogP contribution is -2.40. The number of carbonyl (C=O) groups is 1. The van der Waals surface area contributed by atoms with Crippen LogP contribution in [0.25, 0.3) is 5.65 Å². The van der Waals surface area contributed by atoms with E-state index in [-0.39, 0.29) is 11.8 Å². The van der Waals surface area contributed by atoms with Gasteiger partial charge < -0.3 is 19.0 Å². The summed E-state index contributed by atoms with van der Waals surface area (Å²) in [6.07, 6.45) is 6.37. The number of rotatable bonds is 3. The van der Waals surface area contributed by atoms with E-state index in [9.17, 15) is 9.90 Å². The van der Waals surface area contributed by atoms with Crippen LogP contribution in [0.15, 0.2) is 36.8 Å². The first kappa shape index (κ1) is 16.8. The van der Waals surface area contributed by atoms with Gasteiger partial charge in [0.05, 0.1) is 5.69 Å². The molecule has 0 radical (unpaired) electrons. The zero-order chi connectivity index (χ0) is 18.3. The van der Waals surface area contributed by atoms with Gasteiger partial charge in [-0.1, -0.05) is 6.07 Å². The van der Waals surface area contributed by atoms with Crippen molar-refractivity contribution in [3.05, 3.63) is 54.0 Å². The van der Waals surface area contributed by atoms with Gasteiger partial charge in [-0.2, -0.15) is 0 Å². The van der Waals surface area contributed by atoms with Crippen LogP contribution in [0.5, 0.6) is 0 Å². The van der Waals surface area contributed by atoms with E-state index in [1.54, 1.807) is 6.20 Å². The number of likely N-dealkylation sites (tertiary alicyclic amines) is 1. The quantitative estimate of drug-likeness (QED) is 0.781. The topological polar surface area (TPSA) is 75.7 Å². The van der Waals surface area contributed by atoms with Gasteiger partial charge in [0.2, 0.25) is 0 Å². The van der Waals surface area contributed by atoms with E-state index in [0.29, 0.717) is 24.6 Å². The van der Waals surface area contributed by atoms with Gasteiger partial charge in [0.15, 0.2) is 0 Å². The Morgan fingerprint density at radius 3 is 2.69 bits per heavy atom. The molecule has 1 atom stereocenters.